The normalized spacial score (nSPS) is 13.4. The minimum atomic E-state index is -0.531. The first kappa shape index (κ1) is 17.2. The minimum absolute atomic E-state index is 0.229. The molecule has 8 heteroatoms. The SMILES string of the molecule is CCC(NC(=O)NC(CO)c1ccc(Cl)cc1)c1noc(C)n1. The summed E-state index contributed by atoms with van der Waals surface area (Å²) < 4.78 is 4.93. The Morgan fingerprint density at radius 2 is 1.96 bits per heavy atom. The summed E-state index contributed by atoms with van der Waals surface area (Å²) in [6, 6.07) is 5.60. The van der Waals surface area contributed by atoms with Crippen LogP contribution in [0.1, 0.15) is 42.7 Å². The van der Waals surface area contributed by atoms with Gasteiger partial charge in [-0.15, -0.1) is 0 Å². The van der Waals surface area contributed by atoms with Gasteiger partial charge in [-0.2, -0.15) is 4.98 Å². The van der Waals surface area contributed by atoms with Gasteiger partial charge >= 0.3 is 6.03 Å². The van der Waals surface area contributed by atoms with Gasteiger partial charge in [0.1, 0.15) is 0 Å². The largest absolute Gasteiger partial charge is 0.394 e. The highest BCUT2D eigenvalue weighted by atomic mass is 35.5. The van der Waals surface area contributed by atoms with E-state index in [0.29, 0.717) is 23.2 Å². The number of urea groups is 1. The predicted molar refractivity (Wildman–Crippen MR) is 85.0 cm³/mol. The van der Waals surface area contributed by atoms with Crippen LogP contribution in [0.15, 0.2) is 28.8 Å². The molecule has 0 saturated carbocycles. The van der Waals surface area contributed by atoms with Crippen LogP contribution in [0.4, 0.5) is 4.79 Å². The van der Waals surface area contributed by atoms with Gasteiger partial charge in [-0.1, -0.05) is 35.8 Å². The second-order valence-electron chi connectivity index (χ2n) is 5.04. The molecule has 2 unspecified atom stereocenters. The van der Waals surface area contributed by atoms with Gasteiger partial charge in [0.2, 0.25) is 5.89 Å². The van der Waals surface area contributed by atoms with Crippen LogP contribution in [0.2, 0.25) is 5.02 Å². The standard InChI is InChI=1S/C15H19ClN4O3/c1-3-12(14-17-9(2)23-20-14)18-15(22)19-13(8-21)10-4-6-11(16)7-5-10/h4-7,12-13,21H,3,8H2,1-2H3,(H2,18,19,22). The Balaban J connectivity index is 2.00. The number of hydrogen-bond donors (Lipinski definition) is 3. The van der Waals surface area contributed by atoms with Crippen molar-refractivity contribution < 1.29 is 14.4 Å². The number of hydrogen-bond acceptors (Lipinski definition) is 5. The number of carbonyl (C=O) groups excluding carboxylic acids is 1. The summed E-state index contributed by atoms with van der Waals surface area (Å²) in [7, 11) is 0. The van der Waals surface area contributed by atoms with E-state index in [1.807, 2.05) is 6.92 Å². The molecular formula is C15H19ClN4O3. The van der Waals surface area contributed by atoms with E-state index in [1.54, 1.807) is 31.2 Å². The highest BCUT2D eigenvalue weighted by Gasteiger charge is 2.20. The molecule has 0 aliphatic rings. The van der Waals surface area contributed by atoms with Crippen LogP contribution >= 0.6 is 11.6 Å². The first-order valence-corrected chi connectivity index (χ1v) is 7.64. The van der Waals surface area contributed by atoms with Gasteiger partial charge in [0.25, 0.3) is 0 Å². The van der Waals surface area contributed by atoms with E-state index in [2.05, 4.69) is 20.8 Å². The number of nitrogens with zero attached hydrogens (tertiary/aromatic N) is 2. The topological polar surface area (TPSA) is 100 Å². The first-order valence-electron chi connectivity index (χ1n) is 7.27. The minimum Gasteiger partial charge on any atom is -0.394 e. The average Bonchev–Trinajstić information content (AvgIpc) is 2.97. The molecule has 0 fully saturated rings. The fraction of sp³-hybridized carbons (Fsp3) is 0.400. The maximum Gasteiger partial charge on any atom is 0.315 e. The number of amides is 2. The van der Waals surface area contributed by atoms with E-state index in [1.165, 1.54) is 0 Å². The van der Waals surface area contributed by atoms with E-state index in [0.717, 1.165) is 5.56 Å². The molecule has 0 aliphatic heterocycles. The van der Waals surface area contributed by atoms with Crippen molar-refractivity contribution in [2.45, 2.75) is 32.4 Å². The molecule has 2 rings (SSSR count). The van der Waals surface area contributed by atoms with Gasteiger partial charge in [-0.25, -0.2) is 4.79 Å². The number of aliphatic hydroxyl groups excluding tert-OH is 1. The maximum absolute atomic E-state index is 12.2. The van der Waals surface area contributed by atoms with E-state index in [9.17, 15) is 9.90 Å². The first-order chi connectivity index (χ1) is 11.0. The molecular weight excluding hydrogens is 320 g/mol. The van der Waals surface area contributed by atoms with Crippen molar-refractivity contribution in [1.82, 2.24) is 20.8 Å². The molecule has 0 spiro atoms. The fourth-order valence-electron chi connectivity index (χ4n) is 2.09. The van der Waals surface area contributed by atoms with Crippen molar-refractivity contribution in [3.8, 4) is 0 Å². The monoisotopic (exact) mass is 338 g/mol. The van der Waals surface area contributed by atoms with Crippen molar-refractivity contribution >= 4 is 17.6 Å². The number of halogens is 1. The molecule has 23 heavy (non-hydrogen) atoms. The number of carbonyl (C=O) groups is 1. The second kappa shape index (κ2) is 7.94. The third-order valence-electron chi connectivity index (χ3n) is 3.33. The summed E-state index contributed by atoms with van der Waals surface area (Å²) >= 11 is 5.84. The van der Waals surface area contributed by atoms with Gasteiger partial charge in [-0.05, 0) is 24.1 Å². The number of aliphatic hydroxyl groups is 1. The molecule has 3 N–H and O–H groups in total. The zero-order valence-corrected chi connectivity index (χ0v) is 13.7. The Labute approximate surface area is 139 Å². The van der Waals surface area contributed by atoms with E-state index >= 15 is 0 Å². The number of benzene rings is 1. The van der Waals surface area contributed by atoms with Crippen molar-refractivity contribution in [2.75, 3.05) is 6.61 Å². The number of rotatable bonds is 6. The van der Waals surface area contributed by atoms with Crippen molar-refractivity contribution in [2.24, 2.45) is 0 Å². The van der Waals surface area contributed by atoms with Gasteiger partial charge in [0.15, 0.2) is 5.82 Å². The van der Waals surface area contributed by atoms with Crippen LogP contribution in [0.3, 0.4) is 0 Å². The smallest absolute Gasteiger partial charge is 0.315 e. The van der Waals surface area contributed by atoms with Crippen LogP contribution in [0.25, 0.3) is 0 Å². The molecule has 1 aromatic carbocycles. The van der Waals surface area contributed by atoms with Gasteiger partial charge in [0.05, 0.1) is 18.7 Å². The molecule has 124 valence electrons. The summed E-state index contributed by atoms with van der Waals surface area (Å²) in [5.74, 6) is 0.863. The van der Waals surface area contributed by atoms with Crippen LogP contribution in [0, 0.1) is 6.92 Å². The number of aryl methyl sites for hydroxylation is 1. The molecule has 0 saturated heterocycles. The molecule has 0 radical (unpaired) electrons. The zero-order valence-electron chi connectivity index (χ0n) is 12.9. The highest BCUT2D eigenvalue weighted by Crippen LogP contribution is 2.17. The van der Waals surface area contributed by atoms with Crippen LogP contribution < -0.4 is 10.6 Å². The Kier molecular flexibility index (Phi) is 5.95. The van der Waals surface area contributed by atoms with Crippen molar-refractivity contribution in [1.29, 1.82) is 0 Å². The highest BCUT2D eigenvalue weighted by molar-refractivity contribution is 6.30. The molecule has 1 heterocycles. The second-order valence-corrected chi connectivity index (χ2v) is 5.47. The quantitative estimate of drug-likeness (QED) is 0.751. The summed E-state index contributed by atoms with van der Waals surface area (Å²) in [5.41, 5.74) is 0.760. The average molecular weight is 339 g/mol. The number of aromatic nitrogens is 2. The van der Waals surface area contributed by atoms with E-state index < -0.39 is 12.1 Å². The lowest BCUT2D eigenvalue weighted by molar-refractivity contribution is 0.213. The third kappa shape index (κ3) is 4.67. The van der Waals surface area contributed by atoms with Crippen LogP contribution in [-0.4, -0.2) is 27.9 Å². The lowest BCUT2D eigenvalue weighted by atomic mass is 10.1. The molecule has 0 bridgehead atoms. The van der Waals surface area contributed by atoms with Gasteiger partial charge in [-0.3, -0.25) is 0 Å². The third-order valence-corrected chi connectivity index (χ3v) is 3.58. The Morgan fingerprint density at radius 1 is 1.30 bits per heavy atom. The van der Waals surface area contributed by atoms with Crippen molar-refractivity contribution in [3.05, 3.63) is 46.6 Å². The lowest BCUT2D eigenvalue weighted by Gasteiger charge is -2.19. The Hall–Kier alpha value is -2.12. The van der Waals surface area contributed by atoms with E-state index in [-0.39, 0.29) is 12.6 Å². The maximum atomic E-state index is 12.2. The summed E-state index contributed by atoms with van der Waals surface area (Å²) in [4.78, 5) is 16.3. The van der Waals surface area contributed by atoms with Crippen LogP contribution in [0.5, 0.6) is 0 Å². The summed E-state index contributed by atoms with van der Waals surface area (Å²) in [6.07, 6.45) is 0.608. The Morgan fingerprint density at radius 3 is 2.48 bits per heavy atom. The lowest BCUT2D eigenvalue weighted by Crippen LogP contribution is -2.41. The zero-order chi connectivity index (χ0) is 16.8. The van der Waals surface area contributed by atoms with Gasteiger partial charge < -0.3 is 20.3 Å². The summed E-state index contributed by atoms with van der Waals surface area (Å²) in [5, 5.41) is 19.4. The molecule has 2 atom stereocenters. The fourth-order valence-corrected chi connectivity index (χ4v) is 2.22. The van der Waals surface area contributed by atoms with Crippen LogP contribution in [-0.2, 0) is 0 Å². The predicted octanol–water partition coefficient (Wildman–Crippen LogP) is 2.52. The number of nitrogens with one attached hydrogen (secondary N) is 2. The molecule has 2 aromatic rings. The molecule has 7 nitrogen and oxygen atoms in total. The molecule has 2 amide bonds. The summed E-state index contributed by atoms with van der Waals surface area (Å²) in [6.45, 7) is 3.36. The van der Waals surface area contributed by atoms with E-state index in [4.69, 9.17) is 16.1 Å². The molecule has 1 aromatic heterocycles. The Bertz CT molecular complexity index is 644. The van der Waals surface area contributed by atoms with Crippen molar-refractivity contribution in [3.63, 3.8) is 0 Å². The van der Waals surface area contributed by atoms with Gasteiger partial charge in [0, 0.05) is 11.9 Å². The molecule has 0 aliphatic carbocycles.